The molecule has 0 unspecified atom stereocenters. The van der Waals surface area contributed by atoms with Gasteiger partial charge in [0.15, 0.2) is 23.1 Å². The second kappa shape index (κ2) is 10.7. The van der Waals surface area contributed by atoms with E-state index in [1.807, 2.05) is 22.6 Å². The number of ketones is 4. The van der Waals surface area contributed by atoms with Gasteiger partial charge in [-0.2, -0.15) is 0 Å². The summed E-state index contributed by atoms with van der Waals surface area (Å²) in [7, 11) is 0. The predicted octanol–water partition coefficient (Wildman–Crippen LogP) is 5.46. The Hall–Kier alpha value is -4.48. The summed E-state index contributed by atoms with van der Waals surface area (Å²) in [5.41, 5.74) is 1.38. The number of rotatable bonds is 5. The molecule has 2 N–H and O–H groups in total. The maximum Gasteiger partial charge on any atom is 0.239 e. The first-order chi connectivity index (χ1) is 20.3. The average molecular weight is 689 g/mol. The molecule has 10 heteroatoms. The van der Waals surface area contributed by atoms with Gasteiger partial charge in [-0.3, -0.25) is 28.8 Å². The van der Waals surface area contributed by atoms with Crippen molar-refractivity contribution >= 4 is 80.5 Å². The van der Waals surface area contributed by atoms with Crippen LogP contribution >= 0.6 is 34.2 Å². The fourth-order valence-electron chi connectivity index (χ4n) is 5.47. The fourth-order valence-corrected chi connectivity index (χ4v) is 5.73. The van der Waals surface area contributed by atoms with Gasteiger partial charge in [-0.05, 0) is 23.3 Å². The molecule has 42 heavy (non-hydrogen) atoms. The summed E-state index contributed by atoms with van der Waals surface area (Å²) in [4.78, 5) is 80.3. The number of hydrogen-bond acceptors (Lipinski definition) is 6. The zero-order valence-electron chi connectivity index (χ0n) is 21.5. The minimum atomic E-state index is -0.573. The third kappa shape index (κ3) is 4.27. The van der Waals surface area contributed by atoms with Crippen molar-refractivity contribution < 1.29 is 28.8 Å². The highest BCUT2D eigenvalue weighted by atomic mass is 127. The largest absolute Gasteiger partial charge is 0.325 e. The third-order valence-corrected chi connectivity index (χ3v) is 8.17. The zero-order valence-corrected chi connectivity index (χ0v) is 24.5. The van der Waals surface area contributed by atoms with Gasteiger partial charge >= 0.3 is 0 Å². The molecule has 2 amide bonds. The molecule has 4 aromatic carbocycles. The van der Waals surface area contributed by atoms with Gasteiger partial charge in [-0.25, -0.2) is 0 Å². The maximum atomic E-state index is 14.0. The van der Waals surface area contributed by atoms with Crippen molar-refractivity contribution in [2.75, 3.05) is 20.9 Å². The SMILES string of the molecule is O=C(CCl)Nc1ccc(-c2ccc(NC(=O)CI)c3c2C(=O)c2ccccc2C3=O)c2c1C(=O)c1ccccc1C2=O. The minimum absolute atomic E-state index is 0.00217. The van der Waals surface area contributed by atoms with Gasteiger partial charge in [0.2, 0.25) is 11.8 Å². The van der Waals surface area contributed by atoms with E-state index < -0.39 is 29.0 Å². The van der Waals surface area contributed by atoms with Crippen LogP contribution < -0.4 is 10.6 Å². The van der Waals surface area contributed by atoms with Crippen LogP contribution in [0.15, 0.2) is 72.8 Å². The number of halogens is 2. The van der Waals surface area contributed by atoms with Crippen molar-refractivity contribution in [1.82, 2.24) is 0 Å². The molecule has 2 aliphatic carbocycles. The molecule has 0 fully saturated rings. The van der Waals surface area contributed by atoms with Crippen molar-refractivity contribution in [1.29, 1.82) is 0 Å². The molecule has 0 saturated carbocycles. The highest BCUT2D eigenvalue weighted by Crippen LogP contribution is 2.43. The molecule has 0 radical (unpaired) electrons. The van der Waals surface area contributed by atoms with E-state index in [-0.39, 0.29) is 83.2 Å². The number of carbonyl (C=O) groups is 6. The highest BCUT2D eigenvalue weighted by Gasteiger charge is 2.38. The maximum absolute atomic E-state index is 14.0. The van der Waals surface area contributed by atoms with Crippen LogP contribution in [0.3, 0.4) is 0 Å². The van der Waals surface area contributed by atoms with E-state index >= 15 is 0 Å². The molecule has 8 nitrogen and oxygen atoms in total. The molecule has 6 rings (SSSR count). The number of alkyl halides is 2. The molecule has 0 aliphatic heterocycles. The quantitative estimate of drug-likeness (QED) is 0.183. The lowest BCUT2D eigenvalue weighted by atomic mass is 9.75. The van der Waals surface area contributed by atoms with Crippen LogP contribution in [0.25, 0.3) is 11.1 Å². The van der Waals surface area contributed by atoms with Gasteiger partial charge in [-0.1, -0.05) is 83.3 Å². The monoisotopic (exact) mass is 688 g/mol. The number of nitrogens with one attached hydrogen (secondary N) is 2. The van der Waals surface area contributed by atoms with E-state index in [1.54, 1.807) is 42.5 Å². The van der Waals surface area contributed by atoms with E-state index in [9.17, 15) is 28.8 Å². The summed E-state index contributed by atoms with van der Waals surface area (Å²) in [6.45, 7) is 0. The lowest BCUT2D eigenvalue weighted by Gasteiger charge is -2.26. The summed E-state index contributed by atoms with van der Waals surface area (Å²) >= 11 is 7.60. The second-order valence-electron chi connectivity index (χ2n) is 9.59. The lowest BCUT2D eigenvalue weighted by molar-refractivity contribution is -0.114. The summed E-state index contributed by atoms with van der Waals surface area (Å²) in [6.07, 6.45) is 0. The number of anilines is 2. The minimum Gasteiger partial charge on any atom is -0.325 e. The summed E-state index contributed by atoms with van der Waals surface area (Å²) in [5.74, 6) is -3.21. The Morgan fingerprint density at radius 2 is 0.881 bits per heavy atom. The van der Waals surface area contributed by atoms with Crippen LogP contribution in [0.5, 0.6) is 0 Å². The molecular formula is C32H18ClIN2O6. The molecule has 0 bridgehead atoms. The Morgan fingerprint density at radius 1 is 0.524 bits per heavy atom. The lowest BCUT2D eigenvalue weighted by Crippen LogP contribution is -2.27. The van der Waals surface area contributed by atoms with Crippen LogP contribution in [-0.2, 0) is 9.59 Å². The Morgan fingerprint density at radius 3 is 1.24 bits per heavy atom. The normalized spacial score (nSPS) is 13.1. The van der Waals surface area contributed by atoms with Gasteiger partial charge in [0, 0.05) is 33.4 Å². The molecule has 0 saturated heterocycles. The van der Waals surface area contributed by atoms with Crippen LogP contribution in [-0.4, -0.2) is 45.3 Å². The van der Waals surface area contributed by atoms with Gasteiger partial charge in [-0.15, -0.1) is 11.6 Å². The summed E-state index contributed by atoms with van der Waals surface area (Å²) < 4.78 is 0.117. The molecule has 0 heterocycles. The number of carbonyl (C=O) groups excluding carboxylic acids is 6. The highest BCUT2D eigenvalue weighted by molar-refractivity contribution is 14.1. The van der Waals surface area contributed by atoms with E-state index in [4.69, 9.17) is 11.6 Å². The van der Waals surface area contributed by atoms with Crippen molar-refractivity contribution in [3.63, 3.8) is 0 Å². The van der Waals surface area contributed by atoms with Crippen molar-refractivity contribution in [2.45, 2.75) is 0 Å². The smallest absolute Gasteiger partial charge is 0.239 e. The van der Waals surface area contributed by atoms with Crippen LogP contribution in [0.2, 0.25) is 0 Å². The van der Waals surface area contributed by atoms with Crippen molar-refractivity contribution in [2.24, 2.45) is 0 Å². The Kier molecular flexibility index (Phi) is 7.07. The van der Waals surface area contributed by atoms with Crippen molar-refractivity contribution in [3.8, 4) is 11.1 Å². The average Bonchev–Trinajstić information content (AvgIpc) is 3.02. The van der Waals surface area contributed by atoms with Crippen LogP contribution in [0.1, 0.15) is 63.7 Å². The Labute approximate surface area is 257 Å². The topological polar surface area (TPSA) is 126 Å². The Balaban J connectivity index is 1.67. The summed E-state index contributed by atoms with van der Waals surface area (Å²) in [5, 5.41) is 5.30. The molecule has 0 aromatic heterocycles. The molecule has 206 valence electrons. The van der Waals surface area contributed by atoms with Gasteiger partial charge < -0.3 is 10.6 Å². The number of amides is 2. The van der Waals surface area contributed by atoms with Gasteiger partial charge in [0.25, 0.3) is 0 Å². The molecule has 4 aromatic rings. The number of benzene rings is 4. The number of hydrogen-bond donors (Lipinski definition) is 2. The first-order valence-electron chi connectivity index (χ1n) is 12.7. The van der Waals surface area contributed by atoms with Crippen LogP contribution in [0, 0.1) is 0 Å². The molecule has 2 aliphatic rings. The van der Waals surface area contributed by atoms with Crippen molar-refractivity contribution in [3.05, 3.63) is 117 Å². The molecular weight excluding hydrogens is 671 g/mol. The van der Waals surface area contributed by atoms with Crippen LogP contribution in [0.4, 0.5) is 11.4 Å². The molecule has 0 atom stereocenters. The summed E-state index contributed by atoms with van der Waals surface area (Å²) in [6, 6.07) is 18.8. The van der Waals surface area contributed by atoms with Gasteiger partial charge in [0.1, 0.15) is 5.88 Å². The van der Waals surface area contributed by atoms with E-state index in [0.29, 0.717) is 0 Å². The van der Waals surface area contributed by atoms with E-state index in [1.165, 1.54) is 30.3 Å². The first-order valence-corrected chi connectivity index (χ1v) is 14.8. The van der Waals surface area contributed by atoms with Gasteiger partial charge in [0.05, 0.1) is 26.9 Å². The standard InChI is InChI=1S/C32H18ClIN2O6/c33-13-23(37)35-21-11-9-15(25-27(21)31(41)19-7-3-1-5-17(19)29(25)39)16-10-12-22(36-24(38)14-34)28-26(16)30(40)18-6-2-4-8-20(18)32(28)42/h1-12H,13-14H2,(H,35,37)(H,36,38). The second-order valence-corrected chi connectivity index (χ2v) is 10.6. The van der Waals surface area contributed by atoms with E-state index in [2.05, 4.69) is 10.6 Å². The molecule has 0 spiro atoms. The third-order valence-electron chi connectivity index (χ3n) is 7.23. The Bertz CT molecular complexity index is 1790. The predicted molar refractivity (Wildman–Crippen MR) is 165 cm³/mol. The number of fused-ring (bicyclic) bond motifs is 4. The zero-order chi connectivity index (χ0) is 29.7. The van der Waals surface area contributed by atoms with E-state index in [0.717, 1.165) is 0 Å². The fraction of sp³-hybridized carbons (Fsp3) is 0.0625. The first kappa shape index (κ1) is 27.7.